The molecule has 1 fully saturated rings. The predicted octanol–water partition coefficient (Wildman–Crippen LogP) is 4.13. The number of H-pyrrole nitrogens is 1. The fourth-order valence-corrected chi connectivity index (χ4v) is 6.60. The van der Waals surface area contributed by atoms with Crippen LogP contribution in [0.25, 0.3) is 10.2 Å². The van der Waals surface area contributed by atoms with Gasteiger partial charge in [0.05, 0.1) is 16.6 Å². The number of aromatic nitrogens is 2. The molecule has 3 heterocycles. The van der Waals surface area contributed by atoms with Crippen LogP contribution in [0.1, 0.15) is 32.7 Å². The lowest BCUT2D eigenvalue weighted by molar-refractivity contribution is 0.0781. The topological polar surface area (TPSA) is 66.1 Å². The van der Waals surface area contributed by atoms with E-state index in [2.05, 4.69) is 22.1 Å². The van der Waals surface area contributed by atoms with Crippen LogP contribution in [0.4, 0.5) is 0 Å². The van der Waals surface area contributed by atoms with Crippen molar-refractivity contribution >= 4 is 51.0 Å². The first-order valence-corrected chi connectivity index (χ1v) is 11.6. The first-order valence-electron chi connectivity index (χ1n) is 8.67. The molecule has 27 heavy (non-hydrogen) atoms. The average Bonchev–Trinajstić information content (AvgIpc) is 3.17. The van der Waals surface area contributed by atoms with Crippen LogP contribution < -0.4 is 5.56 Å². The Bertz CT molecular complexity index is 1010. The number of nitrogens with one attached hydrogen (secondary N) is 1. The lowest BCUT2D eigenvalue weighted by Crippen LogP contribution is -2.28. The molecule has 0 unspecified atom stereocenters. The van der Waals surface area contributed by atoms with Gasteiger partial charge in [-0.25, -0.2) is 4.98 Å². The monoisotopic (exact) mass is 417 g/mol. The molecule has 3 aromatic rings. The summed E-state index contributed by atoms with van der Waals surface area (Å²) in [4.78, 5) is 33.6. The molecule has 2 aromatic heterocycles. The summed E-state index contributed by atoms with van der Waals surface area (Å²) in [5.74, 6) is 2.80. The summed E-state index contributed by atoms with van der Waals surface area (Å²) in [5.41, 5.74) is 2.42. The van der Waals surface area contributed by atoms with Crippen LogP contribution in [0, 0.1) is 0 Å². The van der Waals surface area contributed by atoms with Gasteiger partial charge in [0.2, 0.25) is 0 Å². The zero-order valence-corrected chi connectivity index (χ0v) is 17.3. The Morgan fingerprint density at radius 3 is 2.70 bits per heavy atom. The van der Waals surface area contributed by atoms with E-state index in [-0.39, 0.29) is 18.0 Å². The third kappa shape index (κ3) is 4.07. The van der Waals surface area contributed by atoms with Gasteiger partial charge in [-0.1, -0.05) is 12.1 Å². The van der Waals surface area contributed by atoms with Crippen molar-refractivity contribution in [3.05, 3.63) is 63.0 Å². The second-order valence-electron chi connectivity index (χ2n) is 6.36. The highest BCUT2D eigenvalue weighted by atomic mass is 32.2. The third-order valence-corrected chi connectivity index (χ3v) is 8.27. The first-order chi connectivity index (χ1) is 13.1. The van der Waals surface area contributed by atoms with E-state index in [4.69, 9.17) is 0 Å². The second kappa shape index (κ2) is 8.08. The largest absolute Gasteiger partial charge is 0.334 e. The number of hydrogen-bond donors (Lipinski definition) is 1. The van der Waals surface area contributed by atoms with Crippen molar-refractivity contribution in [1.29, 1.82) is 0 Å². The molecule has 1 saturated heterocycles. The minimum absolute atomic E-state index is 0.0847. The molecular formula is C19H19N3O2S3. The quantitative estimate of drug-likeness (QED) is 0.692. The Kier molecular flexibility index (Phi) is 5.56. The molecule has 0 atom stereocenters. The van der Waals surface area contributed by atoms with E-state index in [1.54, 1.807) is 11.9 Å². The number of benzene rings is 1. The molecule has 1 N–H and O–H groups in total. The van der Waals surface area contributed by atoms with E-state index in [1.165, 1.54) is 34.8 Å². The van der Waals surface area contributed by atoms with Gasteiger partial charge in [0.25, 0.3) is 11.5 Å². The number of hydrogen-bond acceptors (Lipinski definition) is 6. The van der Waals surface area contributed by atoms with E-state index in [0.29, 0.717) is 26.2 Å². The van der Waals surface area contributed by atoms with Gasteiger partial charge in [-0.15, -0.1) is 34.9 Å². The second-order valence-corrected chi connectivity index (χ2v) is 10.00. The Morgan fingerprint density at radius 1 is 1.22 bits per heavy atom. The Labute approximate surface area is 169 Å². The molecule has 0 saturated carbocycles. The molecule has 5 nitrogen and oxygen atoms in total. The van der Waals surface area contributed by atoms with Crippen molar-refractivity contribution in [3.8, 4) is 0 Å². The van der Waals surface area contributed by atoms with E-state index >= 15 is 0 Å². The van der Waals surface area contributed by atoms with Crippen molar-refractivity contribution in [2.45, 2.75) is 17.5 Å². The van der Waals surface area contributed by atoms with Crippen molar-refractivity contribution in [2.24, 2.45) is 0 Å². The highest BCUT2D eigenvalue weighted by Crippen LogP contribution is 2.43. The minimum Gasteiger partial charge on any atom is -0.334 e. The van der Waals surface area contributed by atoms with Gasteiger partial charge in [-0.05, 0) is 47.1 Å². The first kappa shape index (κ1) is 18.6. The molecular weight excluding hydrogens is 398 g/mol. The molecule has 0 aliphatic carbocycles. The lowest BCUT2D eigenvalue weighted by Gasteiger charge is -2.21. The average molecular weight is 418 g/mol. The number of nitrogens with zero attached hydrogens (tertiary/aromatic N) is 2. The van der Waals surface area contributed by atoms with E-state index in [1.807, 2.05) is 47.1 Å². The zero-order chi connectivity index (χ0) is 18.8. The van der Waals surface area contributed by atoms with Crippen molar-refractivity contribution in [2.75, 3.05) is 18.6 Å². The Hall–Kier alpha value is -1.77. The Morgan fingerprint density at radius 2 is 1.96 bits per heavy atom. The summed E-state index contributed by atoms with van der Waals surface area (Å²) < 4.78 is 1.08. The molecule has 1 aromatic carbocycles. The number of carbonyl (C=O) groups excluding carboxylic acids is 1. The maximum Gasteiger partial charge on any atom is 0.268 e. The molecule has 1 aliphatic heterocycles. The summed E-state index contributed by atoms with van der Waals surface area (Å²) in [6.45, 7) is 0.260. The summed E-state index contributed by atoms with van der Waals surface area (Å²) in [6.07, 6.45) is 1.26. The van der Waals surface area contributed by atoms with Crippen LogP contribution >= 0.6 is 34.9 Å². The SMILES string of the molecule is CN(Cc1nc2ccsc2c(=O)[nH]1)C(=O)c1ccc(C2SCCCS2)cc1. The van der Waals surface area contributed by atoms with E-state index < -0.39 is 0 Å². The Balaban J connectivity index is 1.47. The zero-order valence-electron chi connectivity index (χ0n) is 14.8. The normalized spacial score (nSPS) is 15.1. The van der Waals surface area contributed by atoms with E-state index in [0.717, 1.165) is 0 Å². The van der Waals surface area contributed by atoms with Crippen LogP contribution in [0.15, 0.2) is 40.5 Å². The maximum atomic E-state index is 12.7. The van der Waals surface area contributed by atoms with Gasteiger partial charge in [0.15, 0.2) is 0 Å². The molecule has 140 valence electrons. The molecule has 0 radical (unpaired) electrons. The number of aromatic amines is 1. The van der Waals surface area contributed by atoms with Crippen LogP contribution in [-0.2, 0) is 6.54 Å². The third-order valence-electron chi connectivity index (χ3n) is 4.35. The fraction of sp³-hybridized carbons (Fsp3) is 0.316. The molecule has 0 spiro atoms. The van der Waals surface area contributed by atoms with Crippen molar-refractivity contribution in [3.63, 3.8) is 0 Å². The fourth-order valence-electron chi connectivity index (χ4n) is 2.98. The van der Waals surface area contributed by atoms with Crippen molar-refractivity contribution < 1.29 is 4.79 Å². The predicted molar refractivity (Wildman–Crippen MR) is 115 cm³/mol. The molecule has 8 heteroatoms. The number of amides is 1. The smallest absolute Gasteiger partial charge is 0.268 e. The molecule has 4 rings (SSSR count). The van der Waals surface area contributed by atoms with Gasteiger partial charge in [-0.3, -0.25) is 9.59 Å². The van der Waals surface area contributed by atoms with Gasteiger partial charge in [-0.2, -0.15) is 0 Å². The number of fused-ring (bicyclic) bond motifs is 1. The summed E-state index contributed by atoms with van der Waals surface area (Å²) in [5, 5.41) is 1.84. The molecule has 1 amide bonds. The molecule has 0 bridgehead atoms. The van der Waals surface area contributed by atoms with Crippen LogP contribution in [0.2, 0.25) is 0 Å². The van der Waals surface area contributed by atoms with E-state index in [9.17, 15) is 9.59 Å². The number of rotatable bonds is 4. The standard InChI is InChI=1S/C19H19N3O2S3/c1-22(11-15-20-14-7-10-25-16(14)17(23)21-15)18(24)12-3-5-13(6-4-12)19-26-8-2-9-27-19/h3-7,10,19H,2,8-9,11H2,1H3,(H,20,21,23). The van der Waals surface area contributed by atoms with Gasteiger partial charge < -0.3 is 9.88 Å². The van der Waals surface area contributed by atoms with Gasteiger partial charge in [0, 0.05) is 12.6 Å². The van der Waals surface area contributed by atoms with Crippen molar-refractivity contribution in [1.82, 2.24) is 14.9 Å². The summed E-state index contributed by atoms with van der Waals surface area (Å²) in [6, 6.07) is 9.70. The summed E-state index contributed by atoms with van der Waals surface area (Å²) in [7, 11) is 1.72. The number of thiophene rings is 1. The highest BCUT2D eigenvalue weighted by Gasteiger charge is 2.18. The van der Waals surface area contributed by atoms with Crippen LogP contribution in [-0.4, -0.2) is 39.3 Å². The minimum atomic E-state index is -0.155. The van der Waals surface area contributed by atoms with Gasteiger partial charge in [0.1, 0.15) is 10.5 Å². The van der Waals surface area contributed by atoms with Gasteiger partial charge >= 0.3 is 0 Å². The number of carbonyl (C=O) groups is 1. The van der Waals surface area contributed by atoms with Crippen LogP contribution in [0.5, 0.6) is 0 Å². The highest BCUT2D eigenvalue weighted by molar-refractivity contribution is 8.16. The maximum absolute atomic E-state index is 12.7. The lowest BCUT2D eigenvalue weighted by atomic mass is 10.1. The number of thioether (sulfide) groups is 2. The van der Waals surface area contributed by atoms with Crippen LogP contribution in [0.3, 0.4) is 0 Å². The summed E-state index contributed by atoms with van der Waals surface area (Å²) >= 11 is 5.30. The molecule has 1 aliphatic rings.